The molecule has 0 spiro atoms. The van der Waals surface area contributed by atoms with Crippen LogP contribution >= 0.6 is 0 Å². The average Bonchev–Trinajstić information content (AvgIpc) is 2.86. The number of nitrogens with one attached hydrogen (secondary N) is 1. The topological polar surface area (TPSA) is 161 Å². The Kier molecular flexibility index (Phi) is 8.56. The van der Waals surface area contributed by atoms with Crippen molar-refractivity contribution in [3.63, 3.8) is 0 Å². The molecular weight excluding hydrogens is 472 g/mol. The zero-order chi connectivity index (χ0) is 27.2. The Hall–Kier alpha value is -4.31. The molecule has 2 heterocycles. The predicted octanol–water partition coefficient (Wildman–Crippen LogP) is 4.13. The molecule has 37 heavy (non-hydrogen) atoms. The molecule has 0 bridgehead atoms. The first-order chi connectivity index (χ1) is 17.6. The van der Waals surface area contributed by atoms with Crippen LogP contribution in [0.3, 0.4) is 0 Å². The van der Waals surface area contributed by atoms with Gasteiger partial charge in [-0.2, -0.15) is 0 Å². The van der Waals surface area contributed by atoms with Crippen molar-refractivity contribution < 1.29 is 19.0 Å². The summed E-state index contributed by atoms with van der Waals surface area (Å²) in [5.74, 6) is 2.35. The highest BCUT2D eigenvalue weighted by Gasteiger charge is 2.16. The Bertz CT molecular complexity index is 1400. The molecule has 7 N–H and O–H groups in total. The number of nitrogen functional groups attached to an aromatic ring is 2. The van der Waals surface area contributed by atoms with Gasteiger partial charge in [-0.3, -0.25) is 0 Å². The summed E-state index contributed by atoms with van der Waals surface area (Å²) in [6.45, 7) is 6.20. The summed E-state index contributed by atoms with van der Waals surface area (Å²) in [6, 6.07) is 11.4. The zero-order valence-electron chi connectivity index (χ0n) is 21.8. The minimum atomic E-state index is -0.530. The van der Waals surface area contributed by atoms with Crippen molar-refractivity contribution in [3.8, 4) is 11.5 Å². The number of benzene rings is 2. The minimum absolute atomic E-state index is 0.302. The maximum Gasteiger partial charge on any atom is 0.407 e. The van der Waals surface area contributed by atoms with Gasteiger partial charge in [0.25, 0.3) is 0 Å². The van der Waals surface area contributed by atoms with E-state index in [0.29, 0.717) is 30.5 Å². The average molecular weight is 507 g/mol. The van der Waals surface area contributed by atoms with E-state index < -0.39 is 11.7 Å². The summed E-state index contributed by atoms with van der Waals surface area (Å²) in [6.07, 6.45) is 2.86. The van der Waals surface area contributed by atoms with Crippen molar-refractivity contribution in [2.24, 2.45) is 5.73 Å². The second-order valence-corrected chi connectivity index (χ2v) is 9.22. The van der Waals surface area contributed by atoms with Crippen LogP contribution in [0.2, 0.25) is 0 Å². The van der Waals surface area contributed by atoms with Crippen LogP contribution in [-0.4, -0.2) is 35.9 Å². The van der Waals surface area contributed by atoms with Crippen molar-refractivity contribution in [2.75, 3.05) is 25.7 Å². The van der Waals surface area contributed by atoms with Gasteiger partial charge in [-0.05, 0) is 67.9 Å². The van der Waals surface area contributed by atoms with Gasteiger partial charge < -0.3 is 36.7 Å². The number of hydrogen-bond donors (Lipinski definition) is 4. The quantitative estimate of drug-likeness (QED) is 0.312. The van der Waals surface area contributed by atoms with Crippen molar-refractivity contribution in [2.45, 2.75) is 39.5 Å². The van der Waals surface area contributed by atoms with E-state index in [4.69, 9.17) is 31.4 Å². The van der Waals surface area contributed by atoms with Crippen molar-refractivity contribution in [3.05, 3.63) is 59.9 Å². The minimum Gasteiger partial charge on any atom is -0.496 e. The number of rotatable bonds is 5. The first-order valence-corrected chi connectivity index (χ1v) is 11.7. The normalized spacial score (nSPS) is 11.0. The maximum atomic E-state index is 11.7. The van der Waals surface area contributed by atoms with Crippen LogP contribution in [0.4, 0.5) is 16.4 Å². The molecule has 0 aliphatic rings. The number of anilines is 2. The van der Waals surface area contributed by atoms with E-state index in [1.54, 1.807) is 26.6 Å². The van der Waals surface area contributed by atoms with Crippen LogP contribution < -0.4 is 32.0 Å². The Morgan fingerprint density at radius 3 is 1.81 bits per heavy atom. The van der Waals surface area contributed by atoms with Crippen LogP contribution in [0.5, 0.6) is 11.5 Å². The lowest BCUT2D eigenvalue weighted by Gasteiger charge is -2.20. The third-order valence-corrected chi connectivity index (χ3v) is 5.43. The molecule has 0 aliphatic carbocycles. The highest BCUT2D eigenvalue weighted by Crippen LogP contribution is 2.29. The standard InChI is InChI=1S/C16H21N3O3.C11H13N3O/c1-16(2,3)22-15(20)19-9-11-7-10-5-6-18-14(17)12(10)8-13(11)21-4;1-15-10-5-9-7(4-8(10)6-12)2-3-14-11(9)13/h5-8H,9H2,1-4H3,(H2,17,18)(H,19,20);2-5H,6,12H2,1H3,(H2,13,14). The van der Waals surface area contributed by atoms with E-state index in [0.717, 1.165) is 38.4 Å². The second kappa shape index (κ2) is 11.6. The first-order valence-electron chi connectivity index (χ1n) is 11.7. The largest absolute Gasteiger partial charge is 0.496 e. The third kappa shape index (κ3) is 6.89. The molecule has 0 unspecified atom stereocenters. The lowest BCUT2D eigenvalue weighted by atomic mass is 10.1. The van der Waals surface area contributed by atoms with Crippen molar-refractivity contribution in [1.82, 2.24) is 15.3 Å². The summed E-state index contributed by atoms with van der Waals surface area (Å²) >= 11 is 0. The van der Waals surface area contributed by atoms with Gasteiger partial charge >= 0.3 is 6.09 Å². The molecule has 0 saturated heterocycles. The zero-order valence-corrected chi connectivity index (χ0v) is 21.8. The van der Waals surface area contributed by atoms with Gasteiger partial charge in [0.05, 0.1) is 14.2 Å². The van der Waals surface area contributed by atoms with E-state index >= 15 is 0 Å². The van der Waals surface area contributed by atoms with Gasteiger partial charge in [0.1, 0.15) is 28.7 Å². The van der Waals surface area contributed by atoms with Gasteiger partial charge in [-0.1, -0.05) is 0 Å². The number of pyridine rings is 2. The number of nitrogens with zero attached hydrogens (tertiary/aromatic N) is 2. The lowest BCUT2D eigenvalue weighted by molar-refractivity contribution is 0.0523. The number of alkyl carbamates (subject to hydrolysis) is 1. The summed E-state index contributed by atoms with van der Waals surface area (Å²) in [5.41, 5.74) is 18.5. The van der Waals surface area contributed by atoms with Gasteiger partial charge in [0.2, 0.25) is 0 Å². The Balaban J connectivity index is 0.000000220. The number of ether oxygens (including phenoxy) is 3. The van der Waals surface area contributed by atoms with E-state index in [1.165, 1.54) is 0 Å². The monoisotopic (exact) mass is 506 g/mol. The SMILES string of the molecule is COc1cc2c(N)nccc2cc1CN.COc1cc2c(N)nccc2cc1CNC(=O)OC(C)(C)C. The van der Waals surface area contributed by atoms with Crippen molar-refractivity contribution >= 4 is 39.3 Å². The fraction of sp³-hybridized carbons (Fsp3) is 0.296. The number of fused-ring (bicyclic) bond motifs is 2. The van der Waals surface area contributed by atoms with Crippen molar-refractivity contribution in [1.29, 1.82) is 0 Å². The fourth-order valence-corrected chi connectivity index (χ4v) is 3.70. The molecule has 1 amide bonds. The fourth-order valence-electron chi connectivity index (χ4n) is 3.70. The Morgan fingerprint density at radius 1 is 0.865 bits per heavy atom. The molecule has 0 atom stereocenters. The van der Waals surface area contributed by atoms with Gasteiger partial charge in [0, 0.05) is 47.4 Å². The highest BCUT2D eigenvalue weighted by atomic mass is 16.6. The molecule has 0 aliphatic heterocycles. The Labute approximate surface area is 216 Å². The summed E-state index contributed by atoms with van der Waals surface area (Å²) in [4.78, 5) is 19.8. The second-order valence-electron chi connectivity index (χ2n) is 9.22. The number of carbonyl (C=O) groups excluding carboxylic acids is 1. The molecule has 0 saturated carbocycles. The molecule has 4 rings (SSSR count). The van der Waals surface area contributed by atoms with Crippen LogP contribution in [0.25, 0.3) is 21.5 Å². The van der Waals surface area contributed by atoms with Gasteiger partial charge in [-0.25, -0.2) is 14.8 Å². The number of aromatic nitrogens is 2. The maximum absolute atomic E-state index is 11.7. The lowest BCUT2D eigenvalue weighted by Crippen LogP contribution is -2.32. The highest BCUT2D eigenvalue weighted by molar-refractivity contribution is 5.93. The Morgan fingerprint density at radius 2 is 1.35 bits per heavy atom. The first kappa shape index (κ1) is 27.3. The van der Waals surface area contributed by atoms with E-state index in [9.17, 15) is 4.79 Å². The van der Waals surface area contributed by atoms with Crippen LogP contribution in [0.15, 0.2) is 48.8 Å². The van der Waals surface area contributed by atoms with E-state index in [-0.39, 0.29) is 0 Å². The predicted molar refractivity (Wildman–Crippen MR) is 146 cm³/mol. The molecule has 196 valence electrons. The van der Waals surface area contributed by atoms with Crippen LogP contribution in [0.1, 0.15) is 31.9 Å². The molecule has 4 aromatic rings. The molecule has 0 radical (unpaired) electrons. The van der Waals surface area contributed by atoms with E-state index in [1.807, 2.05) is 57.2 Å². The number of methoxy groups -OCH3 is 2. The van der Waals surface area contributed by atoms with Gasteiger partial charge in [0.15, 0.2) is 0 Å². The number of amides is 1. The van der Waals surface area contributed by atoms with Gasteiger partial charge in [-0.15, -0.1) is 0 Å². The summed E-state index contributed by atoms with van der Waals surface area (Å²) in [7, 11) is 3.19. The summed E-state index contributed by atoms with van der Waals surface area (Å²) in [5, 5.41) is 6.41. The van der Waals surface area contributed by atoms with E-state index in [2.05, 4.69) is 15.3 Å². The van der Waals surface area contributed by atoms with Crippen LogP contribution in [0, 0.1) is 0 Å². The number of carbonyl (C=O) groups is 1. The molecule has 10 nitrogen and oxygen atoms in total. The number of nitrogens with two attached hydrogens (primary N) is 3. The smallest absolute Gasteiger partial charge is 0.407 e. The molecule has 0 fully saturated rings. The molecular formula is C27H34N6O4. The van der Waals surface area contributed by atoms with Crippen LogP contribution in [-0.2, 0) is 17.8 Å². The third-order valence-electron chi connectivity index (χ3n) is 5.43. The molecule has 10 heteroatoms. The number of hydrogen-bond acceptors (Lipinski definition) is 9. The molecule has 2 aromatic heterocycles. The summed E-state index contributed by atoms with van der Waals surface area (Å²) < 4.78 is 15.8. The molecule has 2 aromatic carbocycles.